The van der Waals surface area contributed by atoms with Crippen LogP contribution in [0.4, 0.5) is 0 Å². The van der Waals surface area contributed by atoms with Gasteiger partial charge in [0.05, 0.1) is 12.6 Å². The lowest BCUT2D eigenvalue weighted by molar-refractivity contribution is -0.129. The standard InChI is InChI=1S/C19H26N2O2/c22-18(13-20-19(23)15-8-2-1-3-9-15)21-17-12-6-10-14-7-4-5-11-16(14)17/h4-5,7,11,15,17H,1-3,6,8-10,12-13H2,(H,20,23)(H,21,22). The van der Waals surface area contributed by atoms with E-state index < -0.39 is 0 Å². The average molecular weight is 314 g/mol. The van der Waals surface area contributed by atoms with E-state index in [1.165, 1.54) is 17.5 Å². The third kappa shape index (κ3) is 4.12. The van der Waals surface area contributed by atoms with Gasteiger partial charge in [0, 0.05) is 5.92 Å². The van der Waals surface area contributed by atoms with Gasteiger partial charge in [-0.15, -0.1) is 0 Å². The largest absolute Gasteiger partial charge is 0.348 e. The normalized spacial score (nSPS) is 21.3. The Hall–Kier alpha value is -1.84. The number of carbonyl (C=O) groups excluding carboxylic acids is 2. The first-order valence-electron chi connectivity index (χ1n) is 8.89. The highest BCUT2D eigenvalue weighted by Gasteiger charge is 2.23. The Morgan fingerprint density at radius 1 is 1.00 bits per heavy atom. The molecular weight excluding hydrogens is 288 g/mol. The zero-order chi connectivity index (χ0) is 16.1. The number of amides is 2. The van der Waals surface area contributed by atoms with Gasteiger partial charge in [-0.1, -0.05) is 43.5 Å². The van der Waals surface area contributed by atoms with Crippen molar-refractivity contribution in [2.45, 2.75) is 57.4 Å². The van der Waals surface area contributed by atoms with Crippen LogP contribution in [0.2, 0.25) is 0 Å². The zero-order valence-corrected chi connectivity index (χ0v) is 13.6. The molecule has 0 bridgehead atoms. The molecule has 1 unspecified atom stereocenters. The molecule has 23 heavy (non-hydrogen) atoms. The number of hydrogen-bond donors (Lipinski definition) is 2. The predicted octanol–water partition coefficient (Wildman–Crippen LogP) is 2.88. The van der Waals surface area contributed by atoms with E-state index >= 15 is 0 Å². The molecule has 1 fully saturated rings. The Bertz CT molecular complexity index is 564. The fourth-order valence-corrected chi connectivity index (χ4v) is 3.83. The molecule has 0 heterocycles. The van der Waals surface area contributed by atoms with Crippen molar-refractivity contribution in [3.63, 3.8) is 0 Å². The smallest absolute Gasteiger partial charge is 0.239 e. The van der Waals surface area contributed by atoms with E-state index in [0.717, 1.165) is 44.9 Å². The second-order valence-corrected chi connectivity index (χ2v) is 6.76. The third-order valence-corrected chi connectivity index (χ3v) is 5.10. The van der Waals surface area contributed by atoms with Gasteiger partial charge in [0.2, 0.25) is 11.8 Å². The summed E-state index contributed by atoms with van der Waals surface area (Å²) in [6, 6.07) is 8.39. The molecule has 124 valence electrons. The maximum atomic E-state index is 12.2. The summed E-state index contributed by atoms with van der Waals surface area (Å²) in [7, 11) is 0. The molecule has 3 rings (SSSR count). The average Bonchev–Trinajstić information content (AvgIpc) is 2.61. The van der Waals surface area contributed by atoms with Crippen molar-refractivity contribution in [1.29, 1.82) is 0 Å². The summed E-state index contributed by atoms with van der Waals surface area (Å²) in [5, 5.41) is 5.89. The summed E-state index contributed by atoms with van der Waals surface area (Å²) in [5.41, 5.74) is 2.56. The lowest BCUT2D eigenvalue weighted by Crippen LogP contribution is -2.41. The Labute approximate surface area is 138 Å². The van der Waals surface area contributed by atoms with Crippen molar-refractivity contribution >= 4 is 11.8 Å². The molecule has 2 aliphatic rings. The van der Waals surface area contributed by atoms with Gasteiger partial charge in [0.1, 0.15) is 0 Å². The molecule has 0 aromatic heterocycles. The van der Waals surface area contributed by atoms with Crippen LogP contribution in [0.1, 0.15) is 62.1 Å². The van der Waals surface area contributed by atoms with Crippen LogP contribution in [0, 0.1) is 5.92 Å². The van der Waals surface area contributed by atoms with E-state index in [1.54, 1.807) is 0 Å². The molecule has 2 amide bonds. The number of nitrogens with one attached hydrogen (secondary N) is 2. The van der Waals surface area contributed by atoms with E-state index in [4.69, 9.17) is 0 Å². The lowest BCUT2D eigenvalue weighted by atomic mass is 9.87. The highest BCUT2D eigenvalue weighted by Crippen LogP contribution is 2.29. The van der Waals surface area contributed by atoms with Crippen molar-refractivity contribution in [2.75, 3.05) is 6.54 Å². The van der Waals surface area contributed by atoms with Gasteiger partial charge in [0.25, 0.3) is 0 Å². The molecule has 4 nitrogen and oxygen atoms in total. The summed E-state index contributed by atoms with van der Waals surface area (Å²) in [6.45, 7) is 0.0913. The SMILES string of the molecule is O=C(CNC(=O)C1CCCCC1)NC1CCCc2ccccc21. The molecule has 0 aliphatic heterocycles. The lowest BCUT2D eigenvalue weighted by Gasteiger charge is -2.26. The number of rotatable bonds is 4. The van der Waals surface area contributed by atoms with E-state index in [9.17, 15) is 9.59 Å². The third-order valence-electron chi connectivity index (χ3n) is 5.10. The fraction of sp³-hybridized carbons (Fsp3) is 0.579. The Morgan fingerprint density at radius 2 is 1.78 bits per heavy atom. The maximum absolute atomic E-state index is 12.2. The second kappa shape index (κ2) is 7.62. The quantitative estimate of drug-likeness (QED) is 0.898. The van der Waals surface area contributed by atoms with Crippen molar-refractivity contribution < 1.29 is 9.59 Å². The minimum atomic E-state index is -0.0872. The first kappa shape index (κ1) is 16.0. The highest BCUT2D eigenvalue weighted by molar-refractivity contribution is 5.86. The van der Waals surface area contributed by atoms with Crippen molar-refractivity contribution in [1.82, 2.24) is 10.6 Å². The van der Waals surface area contributed by atoms with Crippen molar-refractivity contribution in [3.8, 4) is 0 Å². The number of aryl methyl sites for hydroxylation is 1. The molecule has 1 aromatic carbocycles. The molecule has 1 saturated carbocycles. The maximum Gasteiger partial charge on any atom is 0.239 e. The van der Waals surface area contributed by atoms with E-state index in [1.807, 2.05) is 12.1 Å². The van der Waals surface area contributed by atoms with Gasteiger partial charge < -0.3 is 10.6 Å². The molecule has 2 aliphatic carbocycles. The first-order valence-corrected chi connectivity index (χ1v) is 8.89. The molecule has 0 spiro atoms. The Balaban J connectivity index is 1.49. The van der Waals surface area contributed by atoms with Crippen LogP contribution in [-0.2, 0) is 16.0 Å². The zero-order valence-electron chi connectivity index (χ0n) is 13.6. The van der Waals surface area contributed by atoms with Crippen LogP contribution >= 0.6 is 0 Å². The van der Waals surface area contributed by atoms with Gasteiger partial charge in [-0.25, -0.2) is 0 Å². The first-order chi connectivity index (χ1) is 11.2. The van der Waals surface area contributed by atoms with Crippen LogP contribution in [0.25, 0.3) is 0 Å². The van der Waals surface area contributed by atoms with Crippen LogP contribution in [0.3, 0.4) is 0 Å². The van der Waals surface area contributed by atoms with E-state index in [-0.39, 0.29) is 30.3 Å². The van der Waals surface area contributed by atoms with Crippen LogP contribution in [-0.4, -0.2) is 18.4 Å². The minimum Gasteiger partial charge on any atom is -0.348 e. The number of fused-ring (bicyclic) bond motifs is 1. The summed E-state index contributed by atoms with van der Waals surface area (Å²) in [4.78, 5) is 24.3. The number of carbonyl (C=O) groups is 2. The molecule has 2 N–H and O–H groups in total. The van der Waals surface area contributed by atoms with Crippen LogP contribution < -0.4 is 10.6 Å². The van der Waals surface area contributed by atoms with Gasteiger partial charge in [-0.05, 0) is 43.2 Å². The van der Waals surface area contributed by atoms with Gasteiger partial charge >= 0.3 is 0 Å². The molecule has 1 atom stereocenters. The topological polar surface area (TPSA) is 58.2 Å². The monoisotopic (exact) mass is 314 g/mol. The minimum absolute atomic E-state index is 0.0453. The summed E-state index contributed by atoms with van der Waals surface area (Å²) >= 11 is 0. The molecule has 4 heteroatoms. The number of benzene rings is 1. The van der Waals surface area contributed by atoms with Crippen LogP contribution in [0.5, 0.6) is 0 Å². The molecule has 1 aromatic rings. The summed E-state index contributed by atoms with van der Waals surface area (Å²) in [6.07, 6.45) is 8.56. The van der Waals surface area contributed by atoms with Crippen molar-refractivity contribution in [3.05, 3.63) is 35.4 Å². The Kier molecular flexibility index (Phi) is 5.31. The molecule has 0 saturated heterocycles. The fourth-order valence-electron chi connectivity index (χ4n) is 3.83. The number of hydrogen-bond acceptors (Lipinski definition) is 2. The predicted molar refractivity (Wildman–Crippen MR) is 89.8 cm³/mol. The van der Waals surface area contributed by atoms with Gasteiger partial charge in [0.15, 0.2) is 0 Å². The van der Waals surface area contributed by atoms with Crippen LogP contribution in [0.15, 0.2) is 24.3 Å². The highest BCUT2D eigenvalue weighted by atomic mass is 16.2. The van der Waals surface area contributed by atoms with E-state index in [0.29, 0.717) is 0 Å². The Morgan fingerprint density at radius 3 is 2.61 bits per heavy atom. The second-order valence-electron chi connectivity index (χ2n) is 6.76. The summed E-state index contributed by atoms with van der Waals surface area (Å²) < 4.78 is 0. The van der Waals surface area contributed by atoms with E-state index in [2.05, 4.69) is 22.8 Å². The van der Waals surface area contributed by atoms with Gasteiger partial charge in [-0.3, -0.25) is 9.59 Å². The van der Waals surface area contributed by atoms with Gasteiger partial charge in [-0.2, -0.15) is 0 Å². The summed E-state index contributed by atoms with van der Waals surface area (Å²) in [5.74, 6) is 0.0618. The van der Waals surface area contributed by atoms with Crippen molar-refractivity contribution in [2.24, 2.45) is 5.92 Å². The molecular formula is C19H26N2O2. The molecule has 0 radical (unpaired) electrons.